The largest absolute Gasteiger partial charge is 0.397 e. The van der Waals surface area contributed by atoms with Crippen LogP contribution in [-0.4, -0.2) is 37.0 Å². The lowest BCUT2D eigenvalue weighted by atomic mass is 10.2. The van der Waals surface area contributed by atoms with Crippen LogP contribution in [0.4, 0.5) is 5.69 Å². The Morgan fingerprint density at radius 1 is 1.35 bits per heavy atom. The summed E-state index contributed by atoms with van der Waals surface area (Å²) in [5, 5.41) is 4.81. The highest BCUT2D eigenvalue weighted by atomic mass is 35.5. The lowest BCUT2D eigenvalue weighted by Crippen LogP contribution is -2.34. The Kier molecular flexibility index (Phi) is 3.83. The zero-order valence-electron chi connectivity index (χ0n) is 11.0. The Balaban J connectivity index is 1.96. The van der Waals surface area contributed by atoms with E-state index in [-0.39, 0.29) is 5.91 Å². The molecule has 1 aliphatic heterocycles. The van der Waals surface area contributed by atoms with E-state index in [1.165, 1.54) is 11.3 Å². The first kappa shape index (κ1) is 13.7. The monoisotopic (exact) mass is 309 g/mol. The molecular weight excluding hydrogens is 294 g/mol. The number of nitrogens with zero attached hydrogens (tertiary/aromatic N) is 1. The molecule has 1 saturated heterocycles. The molecule has 2 aromatic rings. The highest BCUT2D eigenvalue weighted by Crippen LogP contribution is 2.36. The van der Waals surface area contributed by atoms with Gasteiger partial charge in [0, 0.05) is 34.7 Å². The van der Waals surface area contributed by atoms with Crippen molar-refractivity contribution in [3.63, 3.8) is 0 Å². The van der Waals surface area contributed by atoms with Crippen molar-refractivity contribution >= 4 is 44.6 Å². The number of anilines is 1. The SMILES string of the molecule is Nc1c(C(=O)N2CCCNCC2)sc2ccc(Cl)cc12. The van der Waals surface area contributed by atoms with E-state index in [0.717, 1.165) is 42.7 Å². The van der Waals surface area contributed by atoms with Crippen LogP contribution >= 0.6 is 22.9 Å². The molecule has 0 aliphatic carbocycles. The molecule has 0 spiro atoms. The van der Waals surface area contributed by atoms with Crippen molar-refractivity contribution in [3.05, 3.63) is 28.1 Å². The van der Waals surface area contributed by atoms with Crippen LogP contribution in [0.2, 0.25) is 5.02 Å². The zero-order chi connectivity index (χ0) is 14.1. The predicted molar refractivity (Wildman–Crippen MR) is 84.6 cm³/mol. The third-order valence-electron chi connectivity index (χ3n) is 3.51. The van der Waals surface area contributed by atoms with Crippen molar-refractivity contribution in [2.24, 2.45) is 0 Å². The third-order valence-corrected chi connectivity index (χ3v) is 4.92. The van der Waals surface area contributed by atoms with E-state index in [1.807, 2.05) is 23.1 Å². The number of carbonyl (C=O) groups excluding carboxylic acids is 1. The summed E-state index contributed by atoms with van der Waals surface area (Å²) < 4.78 is 1.00. The van der Waals surface area contributed by atoms with E-state index in [0.29, 0.717) is 15.6 Å². The number of nitrogen functional groups attached to an aromatic ring is 1. The molecule has 1 aromatic heterocycles. The van der Waals surface area contributed by atoms with Crippen molar-refractivity contribution in [3.8, 4) is 0 Å². The summed E-state index contributed by atoms with van der Waals surface area (Å²) in [5.74, 6) is 0.0310. The second-order valence-corrected chi connectivity index (χ2v) is 6.37. The van der Waals surface area contributed by atoms with Crippen molar-refractivity contribution in [1.29, 1.82) is 0 Å². The Labute approximate surface area is 126 Å². The number of thiophene rings is 1. The number of amides is 1. The number of benzene rings is 1. The van der Waals surface area contributed by atoms with Gasteiger partial charge in [0.2, 0.25) is 0 Å². The molecule has 106 valence electrons. The minimum absolute atomic E-state index is 0.0310. The van der Waals surface area contributed by atoms with Gasteiger partial charge in [-0.15, -0.1) is 11.3 Å². The fourth-order valence-corrected chi connectivity index (χ4v) is 3.68. The van der Waals surface area contributed by atoms with Crippen LogP contribution in [0.25, 0.3) is 10.1 Å². The fourth-order valence-electron chi connectivity index (χ4n) is 2.44. The molecule has 6 heteroatoms. The highest BCUT2D eigenvalue weighted by molar-refractivity contribution is 7.21. The number of fused-ring (bicyclic) bond motifs is 1. The van der Waals surface area contributed by atoms with E-state index < -0.39 is 0 Å². The summed E-state index contributed by atoms with van der Waals surface area (Å²) in [6, 6.07) is 5.56. The first-order valence-corrected chi connectivity index (χ1v) is 7.84. The van der Waals surface area contributed by atoms with Gasteiger partial charge in [-0.3, -0.25) is 4.79 Å². The predicted octanol–water partition coefficient (Wildman–Crippen LogP) is 2.57. The average molecular weight is 310 g/mol. The molecule has 0 radical (unpaired) electrons. The van der Waals surface area contributed by atoms with E-state index in [2.05, 4.69) is 5.32 Å². The quantitative estimate of drug-likeness (QED) is 0.851. The lowest BCUT2D eigenvalue weighted by Gasteiger charge is -2.19. The summed E-state index contributed by atoms with van der Waals surface area (Å²) in [5.41, 5.74) is 6.69. The number of hydrogen-bond donors (Lipinski definition) is 2. The normalized spacial score (nSPS) is 16.4. The molecule has 4 nitrogen and oxygen atoms in total. The summed E-state index contributed by atoms with van der Waals surface area (Å²) >= 11 is 7.44. The van der Waals surface area contributed by atoms with Crippen molar-refractivity contribution in [2.75, 3.05) is 31.9 Å². The van der Waals surface area contributed by atoms with Crippen LogP contribution in [0, 0.1) is 0 Å². The van der Waals surface area contributed by atoms with Gasteiger partial charge in [0.25, 0.3) is 5.91 Å². The zero-order valence-corrected chi connectivity index (χ0v) is 12.6. The van der Waals surface area contributed by atoms with Gasteiger partial charge in [-0.25, -0.2) is 0 Å². The Morgan fingerprint density at radius 3 is 3.05 bits per heavy atom. The molecule has 1 aromatic carbocycles. The average Bonchev–Trinajstić information content (AvgIpc) is 2.66. The van der Waals surface area contributed by atoms with Gasteiger partial charge in [-0.1, -0.05) is 11.6 Å². The molecule has 0 saturated carbocycles. The molecule has 1 aliphatic rings. The Morgan fingerprint density at radius 2 is 2.20 bits per heavy atom. The molecule has 2 heterocycles. The standard InChI is InChI=1S/C14H16ClN3OS/c15-9-2-3-11-10(8-9)12(16)13(20-11)14(19)18-6-1-4-17-5-7-18/h2-3,8,17H,1,4-7,16H2. The molecule has 3 rings (SSSR count). The molecule has 1 fully saturated rings. The molecule has 0 unspecified atom stereocenters. The topological polar surface area (TPSA) is 58.4 Å². The summed E-state index contributed by atoms with van der Waals surface area (Å²) in [7, 11) is 0. The van der Waals surface area contributed by atoms with E-state index in [1.54, 1.807) is 0 Å². The van der Waals surface area contributed by atoms with Gasteiger partial charge in [0.15, 0.2) is 0 Å². The molecular formula is C14H16ClN3OS. The van der Waals surface area contributed by atoms with E-state index in [4.69, 9.17) is 17.3 Å². The van der Waals surface area contributed by atoms with Crippen LogP contribution in [0.5, 0.6) is 0 Å². The first-order chi connectivity index (χ1) is 9.66. The maximum absolute atomic E-state index is 12.6. The second kappa shape index (κ2) is 5.60. The van der Waals surface area contributed by atoms with E-state index in [9.17, 15) is 4.79 Å². The van der Waals surface area contributed by atoms with Crippen molar-refractivity contribution < 1.29 is 4.79 Å². The van der Waals surface area contributed by atoms with Crippen molar-refractivity contribution in [2.45, 2.75) is 6.42 Å². The van der Waals surface area contributed by atoms with Gasteiger partial charge in [-0.05, 0) is 31.2 Å². The van der Waals surface area contributed by atoms with Crippen molar-refractivity contribution in [1.82, 2.24) is 10.2 Å². The van der Waals surface area contributed by atoms with Crippen LogP contribution < -0.4 is 11.1 Å². The van der Waals surface area contributed by atoms with Gasteiger partial charge in [-0.2, -0.15) is 0 Å². The summed E-state index contributed by atoms with van der Waals surface area (Å²) in [6.07, 6.45) is 0.975. The van der Waals surface area contributed by atoms with Gasteiger partial charge >= 0.3 is 0 Å². The maximum atomic E-state index is 12.6. The third kappa shape index (κ3) is 2.49. The number of nitrogens with one attached hydrogen (secondary N) is 1. The Hall–Kier alpha value is -1.30. The van der Waals surface area contributed by atoms with E-state index >= 15 is 0 Å². The number of halogens is 1. The smallest absolute Gasteiger partial charge is 0.266 e. The maximum Gasteiger partial charge on any atom is 0.266 e. The van der Waals surface area contributed by atoms with Crippen LogP contribution in [0.1, 0.15) is 16.1 Å². The minimum atomic E-state index is 0.0310. The number of nitrogens with two attached hydrogens (primary N) is 1. The van der Waals surface area contributed by atoms with Crippen LogP contribution in [-0.2, 0) is 0 Å². The van der Waals surface area contributed by atoms with Gasteiger partial charge in [0.05, 0.1) is 5.69 Å². The summed E-state index contributed by atoms with van der Waals surface area (Å²) in [6.45, 7) is 3.30. The van der Waals surface area contributed by atoms with Gasteiger partial charge in [0.1, 0.15) is 4.88 Å². The summed E-state index contributed by atoms with van der Waals surface area (Å²) in [4.78, 5) is 15.1. The highest BCUT2D eigenvalue weighted by Gasteiger charge is 2.22. The molecule has 20 heavy (non-hydrogen) atoms. The van der Waals surface area contributed by atoms with Gasteiger partial charge < -0.3 is 16.0 Å². The molecule has 3 N–H and O–H groups in total. The molecule has 0 atom stereocenters. The lowest BCUT2D eigenvalue weighted by molar-refractivity contribution is 0.0772. The number of rotatable bonds is 1. The molecule has 0 bridgehead atoms. The minimum Gasteiger partial charge on any atom is -0.397 e. The molecule has 1 amide bonds. The second-order valence-electron chi connectivity index (χ2n) is 4.88. The van der Waals surface area contributed by atoms with Crippen LogP contribution in [0.15, 0.2) is 18.2 Å². The Bertz CT molecular complexity index is 647. The number of carbonyl (C=O) groups is 1. The first-order valence-electron chi connectivity index (χ1n) is 6.64. The fraction of sp³-hybridized carbons (Fsp3) is 0.357. The van der Waals surface area contributed by atoms with Crippen LogP contribution in [0.3, 0.4) is 0 Å². The number of hydrogen-bond acceptors (Lipinski definition) is 4.